The Morgan fingerprint density at radius 3 is 2.23 bits per heavy atom. The molecule has 13 heavy (non-hydrogen) atoms. The predicted octanol–water partition coefficient (Wildman–Crippen LogP) is 2.09. The number of rotatable bonds is 1. The Morgan fingerprint density at radius 2 is 1.77 bits per heavy atom. The molecule has 0 spiro atoms. The molecule has 2 aliphatic rings. The van der Waals surface area contributed by atoms with E-state index in [9.17, 15) is 0 Å². The van der Waals surface area contributed by atoms with Crippen molar-refractivity contribution in [2.45, 2.75) is 48.6 Å². The molecule has 2 fully saturated rings. The smallest absolute Gasteiger partial charge is 0.186 e. The summed E-state index contributed by atoms with van der Waals surface area (Å²) in [5.41, 5.74) is 5.86. The normalized spacial score (nSPS) is 35.8. The second kappa shape index (κ2) is 3.58. The van der Waals surface area contributed by atoms with Crippen LogP contribution in [0.15, 0.2) is 0 Å². The van der Waals surface area contributed by atoms with Crippen molar-refractivity contribution in [3.05, 3.63) is 0 Å². The van der Waals surface area contributed by atoms with E-state index in [0.29, 0.717) is 6.04 Å². The number of nitrogens with two attached hydrogens (primary N) is 1. The van der Waals surface area contributed by atoms with Gasteiger partial charge in [-0.1, -0.05) is 36.0 Å². The Morgan fingerprint density at radius 1 is 1.15 bits per heavy atom. The van der Waals surface area contributed by atoms with Gasteiger partial charge in [-0.15, -0.1) is 0 Å². The average molecular weight is 223 g/mol. The summed E-state index contributed by atoms with van der Waals surface area (Å²) in [5, 5.41) is 0. The number of alkyl halides is 2. The molecule has 0 aromatic carbocycles. The Kier molecular flexibility index (Phi) is 2.76. The van der Waals surface area contributed by atoms with Gasteiger partial charge in [-0.2, -0.15) is 0 Å². The fourth-order valence-electron chi connectivity index (χ4n) is 2.46. The third-order valence-electron chi connectivity index (χ3n) is 3.28. The molecule has 0 aromatic heterocycles. The van der Waals surface area contributed by atoms with E-state index in [1.165, 1.54) is 25.7 Å². The van der Waals surface area contributed by atoms with Crippen molar-refractivity contribution in [1.29, 1.82) is 0 Å². The number of halogens is 2. The van der Waals surface area contributed by atoms with Crippen molar-refractivity contribution in [2.24, 2.45) is 5.73 Å². The van der Waals surface area contributed by atoms with Crippen LogP contribution in [0.2, 0.25) is 0 Å². The molecule has 1 aliphatic heterocycles. The summed E-state index contributed by atoms with van der Waals surface area (Å²) in [5.74, 6) is 0. The van der Waals surface area contributed by atoms with Gasteiger partial charge in [0.15, 0.2) is 4.46 Å². The maximum Gasteiger partial charge on any atom is 0.186 e. The molecule has 0 bridgehead atoms. The van der Waals surface area contributed by atoms with Crippen LogP contribution < -0.4 is 5.73 Å². The minimum atomic E-state index is -0.811. The van der Waals surface area contributed by atoms with Gasteiger partial charge < -0.3 is 5.73 Å². The van der Waals surface area contributed by atoms with E-state index in [-0.39, 0.29) is 6.04 Å². The summed E-state index contributed by atoms with van der Waals surface area (Å²) in [6, 6.07) is 0.486. The van der Waals surface area contributed by atoms with Crippen molar-refractivity contribution in [2.75, 3.05) is 6.54 Å². The topological polar surface area (TPSA) is 29.3 Å². The van der Waals surface area contributed by atoms with Gasteiger partial charge in [0.2, 0.25) is 0 Å². The zero-order valence-corrected chi connectivity index (χ0v) is 9.19. The van der Waals surface area contributed by atoms with Crippen molar-refractivity contribution < 1.29 is 0 Å². The van der Waals surface area contributed by atoms with Gasteiger partial charge in [-0.25, -0.2) is 0 Å². The van der Waals surface area contributed by atoms with Crippen LogP contribution in [0.3, 0.4) is 0 Å². The molecule has 0 amide bonds. The third kappa shape index (κ3) is 1.70. The van der Waals surface area contributed by atoms with Crippen LogP contribution in [-0.4, -0.2) is 28.0 Å². The second-order valence-electron chi connectivity index (χ2n) is 4.11. The second-order valence-corrected chi connectivity index (χ2v) is 5.46. The lowest BCUT2D eigenvalue weighted by Gasteiger charge is -2.34. The molecule has 4 heteroatoms. The Hall–Kier alpha value is 0.500. The molecule has 2 nitrogen and oxygen atoms in total. The third-order valence-corrected chi connectivity index (χ3v) is 4.27. The van der Waals surface area contributed by atoms with E-state index < -0.39 is 4.46 Å². The lowest BCUT2D eigenvalue weighted by Crippen LogP contribution is -2.48. The van der Waals surface area contributed by atoms with E-state index in [1.807, 2.05) is 0 Å². The van der Waals surface area contributed by atoms with Crippen LogP contribution >= 0.6 is 23.2 Å². The van der Waals surface area contributed by atoms with Crippen molar-refractivity contribution in [3.63, 3.8) is 0 Å². The summed E-state index contributed by atoms with van der Waals surface area (Å²) in [6.45, 7) is 0.957. The van der Waals surface area contributed by atoms with Crippen molar-refractivity contribution in [3.8, 4) is 0 Å². The van der Waals surface area contributed by atoms with E-state index in [4.69, 9.17) is 28.9 Å². The van der Waals surface area contributed by atoms with Crippen LogP contribution in [0.1, 0.15) is 32.1 Å². The number of hydrogen-bond acceptors (Lipinski definition) is 2. The zero-order valence-electron chi connectivity index (χ0n) is 7.68. The molecular weight excluding hydrogens is 207 g/mol. The van der Waals surface area contributed by atoms with Gasteiger partial charge in [0.1, 0.15) is 0 Å². The number of hydrogen-bond donors (Lipinski definition) is 1. The molecule has 1 unspecified atom stereocenters. The first-order valence-corrected chi connectivity index (χ1v) is 5.78. The van der Waals surface area contributed by atoms with E-state index >= 15 is 0 Å². The van der Waals surface area contributed by atoms with Gasteiger partial charge in [0.25, 0.3) is 0 Å². The minimum absolute atomic E-state index is 0.0866. The highest BCUT2D eigenvalue weighted by Gasteiger charge is 2.47. The quantitative estimate of drug-likeness (QED) is 0.544. The number of nitrogens with zero attached hydrogens (tertiary/aromatic N) is 1. The highest BCUT2D eigenvalue weighted by Crippen LogP contribution is 2.41. The van der Waals surface area contributed by atoms with Crippen LogP contribution in [0, 0.1) is 0 Å². The van der Waals surface area contributed by atoms with Gasteiger partial charge in [0, 0.05) is 12.6 Å². The SMILES string of the molecule is NC1CCN(C2CCCC2)C1(Cl)Cl. The maximum atomic E-state index is 6.23. The molecule has 2 rings (SSSR count). The molecule has 1 atom stereocenters. The van der Waals surface area contributed by atoms with Crippen LogP contribution in [0.25, 0.3) is 0 Å². The van der Waals surface area contributed by atoms with Crippen molar-refractivity contribution in [1.82, 2.24) is 4.90 Å². The molecule has 1 aliphatic carbocycles. The van der Waals surface area contributed by atoms with Gasteiger partial charge in [-0.3, -0.25) is 4.90 Å². The first-order valence-electron chi connectivity index (χ1n) is 5.02. The van der Waals surface area contributed by atoms with Gasteiger partial charge in [0.05, 0.1) is 6.04 Å². The van der Waals surface area contributed by atoms with Crippen LogP contribution in [0.5, 0.6) is 0 Å². The lowest BCUT2D eigenvalue weighted by atomic mass is 10.2. The fourth-order valence-corrected chi connectivity index (χ4v) is 3.12. The predicted molar refractivity (Wildman–Crippen MR) is 56.0 cm³/mol. The van der Waals surface area contributed by atoms with Gasteiger partial charge in [-0.05, 0) is 19.3 Å². The summed E-state index contributed by atoms with van der Waals surface area (Å²) < 4.78 is -0.811. The summed E-state index contributed by atoms with van der Waals surface area (Å²) >= 11 is 12.5. The van der Waals surface area contributed by atoms with Crippen LogP contribution in [0.4, 0.5) is 0 Å². The highest BCUT2D eigenvalue weighted by atomic mass is 35.5. The Labute approximate surface area is 89.4 Å². The zero-order chi connectivity index (χ0) is 9.47. The lowest BCUT2D eigenvalue weighted by molar-refractivity contribution is 0.198. The molecular formula is C9H16Cl2N2. The average Bonchev–Trinajstić information content (AvgIpc) is 2.62. The van der Waals surface area contributed by atoms with Gasteiger partial charge >= 0.3 is 0 Å². The van der Waals surface area contributed by atoms with E-state index in [0.717, 1.165) is 13.0 Å². The molecule has 0 aromatic rings. The molecule has 1 saturated carbocycles. The molecule has 1 saturated heterocycles. The first kappa shape index (κ1) is 10.0. The van der Waals surface area contributed by atoms with Crippen molar-refractivity contribution >= 4 is 23.2 Å². The molecule has 0 radical (unpaired) electrons. The Bertz CT molecular complexity index is 190. The molecule has 2 N–H and O–H groups in total. The standard InChI is InChI=1S/C9H16Cl2N2/c10-9(11)8(12)5-6-13(9)7-3-1-2-4-7/h7-8H,1-6,12H2. The summed E-state index contributed by atoms with van der Waals surface area (Å²) in [4.78, 5) is 2.19. The summed E-state index contributed by atoms with van der Waals surface area (Å²) in [6.07, 6.45) is 5.99. The monoisotopic (exact) mass is 222 g/mol. The Balaban J connectivity index is 2.06. The fraction of sp³-hybridized carbons (Fsp3) is 1.00. The minimum Gasteiger partial charge on any atom is -0.324 e. The van der Waals surface area contributed by atoms with Crippen LogP contribution in [-0.2, 0) is 0 Å². The summed E-state index contributed by atoms with van der Waals surface area (Å²) in [7, 11) is 0. The van der Waals surface area contributed by atoms with E-state index in [1.54, 1.807) is 0 Å². The maximum absolute atomic E-state index is 6.23. The molecule has 76 valence electrons. The highest BCUT2D eigenvalue weighted by molar-refractivity contribution is 6.48. The number of likely N-dealkylation sites (tertiary alicyclic amines) is 1. The first-order chi connectivity index (χ1) is 6.12. The molecule has 1 heterocycles. The largest absolute Gasteiger partial charge is 0.324 e. The van der Waals surface area contributed by atoms with E-state index in [2.05, 4.69) is 4.90 Å².